The lowest BCUT2D eigenvalue weighted by atomic mass is 10.1. The molecule has 0 aromatic carbocycles. The molecule has 1 aliphatic carbocycles. The van der Waals surface area contributed by atoms with Crippen molar-refractivity contribution in [3.63, 3.8) is 0 Å². The van der Waals surface area contributed by atoms with Crippen molar-refractivity contribution in [1.82, 2.24) is 14.7 Å². The maximum absolute atomic E-state index is 9.33. The van der Waals surface area contributed by atoms with Crippen molar-refractivity contribution in [3.05, 3.63) is 18.0 Å². The highest BCUT2D eigenvalue weighted by atomic mass is 16.5. The topological polar surface area (TPSA) is 87.8 Å². The van der Waals surface area contributed by atoms with Crippen molar-refractivity contribution in [3.8, 4) is 0 Å². The first-order chi connectivity index (χ1) is 10.7. The molecule has 0 bridgehead atoms. The molecule has 0 unspecified atom stereocenters. The first-order valence-corrected chi connectivity index (χ1v) is 7.78. The number of ether oxygens (including phenoxy) is 1. The van der Waals surface area contributed by atoms with Gasteiger partial charge in [0.1, 0.15) is 0 Å². The summed E-state index contributed by atoms with van der Waals surface area (Å²) < 4.78 is 7.82. The van der Waals surface area contributed by atoms with Gasteiger partial charge in [0.25, 0.3) is 6.47 Å². The molecule has 2 heterocycles. The van der Waals surface area contributed by atoms with Gasteiger partial charge in [-0.15, -0.1) is 0 Å². The molecule has 2 aliphatic rings. The van der Waals surface area contributed by atoms with Crippen LogP contribution >= 0.6 is 0 Å². The SMILES string of the molecule is CCn1ccc(CN2CCO[C@H]3C[C@H](CO)C[C@@H]32)n1.O=CO. The van der Waals surface area contributed by atoms with Crippen LogP contribution in [0, 0.1) is 5.92 Å². The second-order valence-electron chi connectivity index (χ2n) is 5.74. The number of carbonyl (C=O) groups is 1. The first kappa shape index (κ1) is 16.9. The summed E-state index contributed by atoms with van der Waals surface area (Å²) in [5.41, 5.74) is 1.13. The number of hydrogen-bond acceptors (Lipinski definition) is 5. The lowest BCUT2D eigenvalue weighted by Gasteiger charge is -2.37. The third kappa shape index (κ3) is 4.06. The Morgan fingerprint density at radius 1 is 1.50 bits per heavy atom. The molecule has 2 fully saturated rings. The van der Waals surface area contributed by atoms with Gasteiger partial charge in [0.05, 0.1) is 18.4 Å². The zero-order valence-corrected chi connectivity index (χ0v) is 13.0. The summed E-state index contributed by atoms with van der Waals surface area (Å²) in [4.78, 5) is 10.8. The zero-order valence-electron chi connectivity index (χ0n) is 13.0. The summed E-state index contributed by atoms with van der Waals surface area (Å²) in [6.45, 7) is 5.72. The second kappa shape index (κ2) is 8.26. The molecule has 0 amide bonds. The van der Waals surface area contributed by atoms with Crippen molar-refractivity contribution in [1.29, 1.82) is 0 Å². The number of hydrogen-bond donors (Lipinski definition) is 2. The molecule has 1 aromatic heterocycles. The number of aliphatic hydroxyl groups is 1. The molecule has 1 aromatic rings. The van der Waals surface area contributed by atoms with Crippen LogP contribution in [0.1, 0.15) is 25.5 Å². The molecule has 1 saturated carbocycles. The molecular weight excluding hydrogens is 286 g/mol. The van der Waals surface area contributed by atoms with E-state index in [1.54, 1.807) is 0 Å². The van der Waals surface area contributed by atoms with Crippen LogP contribution in [0.4, 0.5) is 0 Å². The van der Waals surface area contributed by atoms with Crippen molar-refractivity contribution in [2.75, 3.05) is 19.8 Å². The van der Waals surface area contributed by atoms with Crippen LogP contribution in [-0.2, 0) is 22.6 Å². The van der Waals surface area contributed by atoms with Crippen LogP contribution in [0.25, 0.3) is 0 Å². The van der Waals surface area contributed by atoms with Gasteiger partial charge in [0.2, 0.25) is 0 Å². The maximum Gasteiger partial charge on any atom is 0.290 e. The molecule has 7 nitrogen and oxygen atoms in total. The number of aromatic nitrogens is 2. The van der Waals surface area contributed by atoms with Gasteiger partial charge in [0, 0.05) is 38.5 Å². The minimum absolute atomic E-state index is 0.250. The lowest BCUT2D eigenvalue weighted by molar-refractivity contribution is -0.122. The van der Waals surface area contributed by atoms with Crippen molar-refractivity contribution in [2.24, 2.45) is 5.92 Å². The smallest absolute Gasteiger partial charge is 0.290 e. The molecule has 0 spiro atoms. The Hall–Kier alpha value is -1.44. The van der Waals surface area contributed by atoms with Gasteiger partial charge in [-0.05, 0) is 31.7 Å². The second-order valence-corrected chi connectivity index (χ2v) is 5.74. The van der Waals surface area contributed by atoms with E-state index >= 15 is 0 Å². The number of fused-ring (bicyclic) bond motifs is 1. The Bertz CT molecular complexity index is 465. The fourth-order valence-corrected chi connectivity index (χ4v) is 3.34. The van der Waals surface area contributed by atoms with Gasteiger partial charge in [0.15, 0.2) is 0 Å². The van der Waals surface area contributed by atoms with Crippen LogP contribution in [-0.4, -0.2) is 63.3 Å². The van der Waals surface area contributed by atoms with Gasteiger partial charge >= 0.3 is 0 Å². The predicted molar refractivity (Wildman–Crippen MR) is 80.3 cm³/mol. The molecule has 22 heavy (non-hydrogen) atoms. The third-order valence-corrected chi connectivity index (χ3v) is 4.39. The van der Waals surface area contributed by atoms with Crippen LogP contribution in [0.5, 0.6) is 0 Å². The summed E-state index contributed by atoms with van der Waals surface area (Å²) >= 11 is 0. The van der Waals surface area contributed by atoms with Crippen LogP contribution < -0.4 is 0 Å². The number of rotatable bonds is 4. The molecule has 3 rings (SSSR count). The van der Waals surface area contributed by atoms with Gasteiger partial charge in [-0.3, -0.25) is 14.4 Å². The van der Waals surface area contributed by atoms with Gasteiger partial charge in [-0.2, -0.15) is 5.10 Å². The van der Waals surface area contributed by atoms with Gasteiger partial charge < -0.3 is 14.9 Å². The highest BCUT2D eigenvalue weighted by Crippen LogP contribution is 2.34. The predicted octanol–water partition coefficient (Wildman–Crippen LogP) is 0.576. The van der Waals surface area contributed by atoms with E-state index in [1.807, 2.05) is 10.9 Å². The van der Waals surface area contributed by atoms with E-state index in [9.17, 15) is 5.11 Å². The number of nitrogens with zero attached hydrogens (tertiary/aromatic N) is 3. The lowest BCUT2D eigenvalue weighted by Crippen LogP contribution is -2.47. The zero-order chi connectivity index (χ0) is 15.9. The van der Waals surface area contributed by atoms with E-state index in [-0.39, 0.29) is 13.1 Å². The molecule has 1 saturated heterocycles. The Morgan fingerprint density at radius 2 is 2.27 bits per heavy atom. The van der Waals surface area contributed by atoms with E-state index in [2.05, 4.69) is 23.0 Å². The molecule has 3 atom stereocenters. The Kier molecular flexibility index (Phi) is 6.35. The first-order valence-electron chi connectivity index (χ1n) is 7.78. The van der Waals surface area contributed by atoms with Crippen LogP contribution in [0.2, 0.25) is 0 Å². The fraction of sp³-hybridized carbons (Fsp3) is 0.733. The quantitative estimate of drug-likeness (QED) is 0.791. The molecule has 0 radical (unpaired) electrons. The van der Waals surface area contributed by atoms with Crippen LogP contribution in [0.15, 0.2) is 12.3 Å². The maximum atomic E-state index is 9.33. The normalized spacial score (nSPS) is 27.8. The molecule has 2 N–H and O–H groups in total. The van der Waals surface area contributed by atoms with E-state index in [0.717, 1.165) is 44.8 Å². The summed E-state index contributed by atoms with van der Waals surface area (Å²) in [5.74, 6) is 0.406. The minimum atomic E-state index is -0.250. The van der Waals surface area contributed by atoms with E-state index in [4.69, 9.17) is 14.6 Å². The van der Waals surface area contributed by atoms with E-state index in [1.165, 1.54) is 0 Å². The molecule has 124 valence electrons. The van der Waals surface area contributed by atoms with E-state index < -0.39 is 0 Å². The van der Waals surface area contributed by atoms with Crippen molar-refractivity contribution >= 4 is 6.47 Å². The number of aryl methyl sites for hydroxylation is 1. The Morgan fingerprint density at radius 3 is 2.91 bits per heavy atom. The molecule has 7 heteroatoms. The summed E-state index contributed by atoms with van der Waals surface area (Å²) in [6.07, 6.45) is 4.40. The highest BCUT2D eigenvalue weighted by molar-refractivity contribution is 5.32. The molecule has 1 aliphatic heterocycles. The summed E-state index contributed by atoms with van der Waals surface area (Å²) in [5, 5.41) is 20.8. The largest absolute Gasteiger partial charge is 0.483 e. The van der Waals surface area contributed by atoms with Gasteiger partial charge in [-0.1, -0.05) is 0 Å². The monoisotopic (exact) mass is 311 g/mol. The molecular formula is C15H25N3O4. The standard InChI is InChI=1S/C14H23N3O2.CH2O2/c1-2-17-4-3-12(15-17)9-16-5-6-19-14-8-11(10-18)7-13(14)16;2-1-3/h3-4,11,13-14,18H,2,5-10H2,1H3;1H,(H,2,3)/t11-,13+,14+;/m1./s1. The highest BCUT2D eigenvalue weighted by Gasteiger charge is 2.40. The summed E-state index contributed by atoms with van der Waals surface area (Å²) in [6, 6.07) is 2.56. The summed E-state index contributed by atoms with van der Waals surface area (Å²) in [7, 11) is 0. The fourth-order valence-electron chi connectivity index (χ4n) is 3.34. The average Bonchev–Trinajstić information content (AvgIpc) is 3.14. The average molecular weight is 311 g/mol. The van der Waals surface area contributed by atoms with Crippen molar-refractivity contribution in [2.45, 2.75) is 45.0 Å². The van der Waals surface area contributed by atoms with Crippen LogP contribution in [0.3, 0.4) is 0 Å². The number of morpholine rings is 1. The minimum Gasteiger partial charge on any atom is -0.483 e. The van der Waals surface area contributed by atoms with Crippen molar-refractivity contribution < 1.29 is 19.7 Å². The number of aliphatic hydroxyl groups excluding tert-OH is 1. The third-order valence-electron chi connectivity index (χ3n) is 4.39. The van der Waals surface area contributed by atoms with E-state index in [0.29, 0.717) is 18.1 Å². The Labute approximate surface area is 130 Å². The van der Waals surface area contributed by atoms with Gasteiger partial charge in [-0.25, -0.2) is 0 Å². The number of carboxylic acid groups (broad SMARTS) is 1. The Balaban J connectivity index is 0.000000545.